The first kappa shape index (κ1) is 16.1. The summed E-state index contributed by atoms with van der Waals surface area (Å²) in [6, 6.07) is 4.17. The highest BCUT2D eigenvalue weighted by Gasteiger charge is 2.29. The topological polar surface area (TPSA) is 59.8 Å². The Bertz CT molecular complexity index is 726. The molecule has 1 aliphatic carbocycles. The molecule has 6 heteroatoms. The number of benzene rings is 1. The van der Waals surface area contributed by atoms with Crippen molar-refractivity contribution in [2.24, 2.45) is 7.05 Å². The second-order valence-electron chi connectivity index (χ2n) is 6.28. The van der Waals surface area contributed by atoms with Gasteiger partial charge in [0.25, 0.3) is 0 Å². The number of nitrogens with one attached hydrogen (secondary N) is 1. The van der Waals surface area contributed by atoms with Crippen LogP contribution in [-0.4, -0.2) is 26.4 Å². The van der Waals surface area contributed by atoms with Crippen LogP contribution in [0.5, 0.6) is 0 Å². The predicted molar refractivity (Wildman–Crippen MR) is 93.0 cm³/mol. The van der Waals surface area contributed by atoms with Gasteiger partial charge in [0.05, 0.1) is 5.75 Å². The lowest BCUT2D eigenvalue weighted by Gasteiger charge is -2.12. The van der Waals surface area contributed by atoms with Gasteiger partial charge < -0.3 is 9.88 Å². The average Bonchev–Trinajstić information content (AvgIpc) is 3.25. The van der Waals surface area contributed by atoms with Crippen LogP contribution in [0.4, 0.5) is 5.69 Å². The van der Waals surface area contributed by atoms with E-state index < -0.39 is 0 Å². The Morgan fingerprint density at radius 2 is 1.91 bits per heavy atom. The summed E-state index contributed by atoms with van der Waals surface area (Å²) in [6.07, 6.45) is 2.40. The van der Waals surface area contributed by atoms with Gasteiger partial charge in [-0.2, -0.15) is 0 Å². The molecule has 0 bridgehead atoms. The van der Waals surface area contributed by atoms with Gasteiger partial charge in [-0.15, -0.1) is 10.2 Å². The van der Waals surface area contributed by atoms with Crippen LogP contribution in [-0.2, 0) is 11.8 Å². The summed E-state index contributed by atoms with van der Waals surface area (Å²) in [4.78, 5) is 12.3. The van der Waals surface area contributed by atoms with Crippen LogP contribution >= 0.6 is 11.8 Å². The van der Waals surface area contributed by atoms with E-state index >= 15 is 0 Å². The molecule has 0 radical (unpaired) electrons. The maximum Gasteiger partial charge on any atom is 0.234 e. The normalized spacial score (nSPS) is 14.1. The van der Waals surface area contributed by atoms with Crippen molar-refractivity contribution in [3.63, 3.8) is 0 Å². The van der Waals surface area contributed by atoms with E-state index in [9.17, 15) is 4.79 Å². The predicted octanol–water partition coefficient (Wildman–Crippen LogP) is 3.35. The monoisotopic (exact) mass is 330 g/mol. The summed E-state index contributed by atoms with van der Waals surface area (Å²) in [5.41, 5.74) is 4.31. The molecular formula is C17H22N4OS. The maximum atomic E-state index is 12.3. The minimum Gasteiger partial charge on any atom is -0.325 e. The van der Waals surface area contributed by atoms with Crippen molar-refractivity contribution in [2.75, 3.05) is 11.1 Å². The Hall–Kier alpha value is -1.82. The fraction of sp³-hybridized carbons (Fsp3) is 0.471. The molecule has 0 saturated heterocycles. The first-order valence-corrected chi connectivity index (χ1v) is 8.84. The molecule has 1 fully saturated rings. The van der Waals surface area contributed by atoms with E-state index in [1.54, 1.807) is 0 Å². The van der Waals surface area contributed by atoms with Crippen LogP contribution in [0.25, 0.3) is 0 Å². The molecule has 1 aromatic carbocycles. The molecule has 1 heterocycles. The zero-order valence-corrected chi connectivity index (χ0v) is 14.8. The van der Waals surface area contributed by atoms with Gasteiger partial charge in [-0.1, -0.05) is 29.5 Å². The molecule has 5 nitrogen and oxygen atoms in total. The summed E-state index contributed by atoms with van der Waals surface area (Å²) < 4.78 is 2.01. The molecule has 0 atom stereocenters. The molecule has 122 valence electrons. The standard InChI is InChI=1S/C17H22N4OS/c1-10-7-11(2)15(12(3)8-10)18-14(22)9-23-17-20-19-16(21(17)4)13-5-6-13/h7-8,13H,5-6,9H2,1-4H3,(H,18,22). The summed E-state index contributed by atoms with van der Waals surface area (Å²) in [6.45, 7) is 6.10. The van der Waals surface area contributed by atoms with E-state index in [0.717, 1.165) is 27.8 Å². The number of rotatable bonds is 5. The number of aromatic nitrogens is 3. The van der Waals surface area contributed by atoms with Crippen molar-refractivity contribution in [1.29, 1.82) is 0 Å². The van der Waals surface area contributed by atoms with Gasteiger partial charge in [-0.3, -0.25) is 4.79 Å². The number of anilines is 1. The first-order valence-electron chi connectivity index (χ1n) is 7.85. The van der Waals surface area contributed by atoms with E-state index in [4.69, 9.17) is 0 Å². The van der Waals surface area contributed by atoms with Crippen molar-refractivity contribution in [3.05, 3.63) is 34.6 Å². The quantitative estimate of drug-likeness (QED) is 0.854. The molecule has 23 heavy (non-hydrogen) atoms. The van der Waals surface area contributed by atoms with Crippen LogP contribution in [0, 0.1) is 20.8 Å². The minimum atomic E-state index is -0.0129. The third-order valence-corrected chi connectivity index (χ3v) is 5.11. The van der Waals surface area contributed by atoms with E-state index in [1.165, 1.54) is 30.2 Å². The van der Waals surface area contributed by atoms with Crippen molar-refractivity contribution >= 4 is 23.4 Å². The van der Waals surface area contributed by atoms with Crippen molar-refractivity contribution < 1.29 is 4.79 Å². The van der Waals surface area contributed by atoms with Crippen LogP contribution < -0.4 is 5.32 Å². The molecule has 1 aliphatic rings. The zero-order valence-electron chi connectivity index (χ0n) is 14.0. The smallest absolute Gasteiger partial charge is 0.234 e. The highest BCUT2D eigenvalue weighted by molar-refractivity contribution is 7.99. The minimum absolute atomic E-state index is 0.0129. The highest BCUT2D eigenvalue weighted by Crippen LogP contribution is 2.39. The number of carbonyl (C=O) groups excluding carboxylic acids is 1. The fourth-order valence-electron chi connectivity index (χ4n) is 2.83. The molecule has 0 aliphatic heterocycles. The van der Waals surface area contributed by atoms with Gasteiger partial charge in [0, 0.05) is 18.7 Å². The number of hydrogen-bond donors (Lipinski definition) is 1. The van der Waals surface area contributed by atoms with Crippen LogP contribution in [0.3, 0.4) is 0 Å². The average molecular weight is 330 g/mol. The Morgan fingerprint density at radius 3 is 2.52 bits per heavy atom. The van der Waals surface area contributed by atoms with Crippen molar-refractivity contribution in [1.82, 2.24) is 14.8 Å². The van der Waals surface area contributed by atoms with Crippen molar-refractivity contribution in [2.45, 2.75) is 44.7 Å². The van der Waals surface area contributed by atoms with E-state index in [2.05, 4.69) is 34.6 Å². The molecule has 0 unspecified atom stereocenters. The fourth-order valence-corrected chi connectivity index (χ4v) is 3.55. The summed E-state index contributed by atoms with van der Waals surface area (Å²) >= 11 is 1.43. The Morgan fingerprint density at radius 1 is 1.26 bits per heavy atom. The summed E-state index contributed by atoms with van der Waals surface area (Å²) in [7, 11) is 1.97. The Labute approximate surface area is 140 Å². The number of aryl methyl sites for hydroxylation is 3. The number of amides is 1. The number of carbonyl (C=O) groups is 1. The highest BCUT2D eigenvalue weighted by atomic mass is 32.2. The first-order chi connectivity index (χ1) is 11.0. The van der Waals surface area contributed by atoms with Gasteiger partial charge >= 0.3 is 0 Å². The van der Waals surface area contributed by atoms with Crippen LogP contribution in [0.1, 0.15) is 41.3 Å². The van der Waals surface area contributed by atoms with Gasteiger partial charge in [0.15, 0.2) is 5.16 Å². The molecule has 2 aromatic rings. The largest absolute Gasteiger partial charge is 0.325 e. The molecule has 1 saturated carbocycles. The number of nitrogens with zero attached hydrogens (tertiary/aromatic N) is 3. The molecule has 0 spiro atoms. The Kier molecular flexibility index (Phi) is 4.43. The lowest BCUT2D eigenvalue weighted by atomic mass is 10.1. The second kappa shape index (κ2) is 6.35. The molecule has 1 N–H and O–H groups in total. The van der Waals surface area contributed by atoms with Gasteiger partial charge in [0.2, 0.25) is 5.91 Å². The number of thioether (sulfide) groups is 1. The SMILES string of the molecule is Cc1cc(C)c(NC(=O)CSc2nnc(C3CC3)n2C)c(C)c1. The van der Waals surface area contributed by atoms with Crippen LogP contribution in [0.15, 0.2) is 17.3 Å². The van der Waals surface area contributed by atoms with Gasteiger partial charge in [-0.25, -0.2) is 0 Å². The van der Waals surface area contributed by atoms with E-state index in [-0.39, 0.29) is 5.91 Å². The number of hydrogen-bond acceptors (Lipinski definition) is 4. The molecule has 3 rings (SSSR count). The van der Waals surface area contributed by atoms with E-state index in [0.29, 0.717) is 11.7 Å². The molecule has 1 amide bonds. The van der Waals surface area contributed by atoms with E-state index in [1.807, 2.05) is 25.5 Å². The zero-order chi connectivity index (χ0) is 16.6. The molecule has 1 aromatic heterocycles. The summed E-state index contributed by atoms with van der Waals surface area (Å²) in [5.74, 6) is 1.93. The lowest BCUT2D eigenvalue weighted by Crippen LogP contribution is -2.16. The summed E-state index contributed by atoms with van der Waals surface area (Å²) in [5, 5.41) is 12.3. The second-order valence-corrected chi connectivity index (χ2v) is 7.23. The third kappa shape index (κ3) is 3.58. The van der Waals surface area contributed by atoms with Gasteiger partial charge in [-0.05, 0) is 44.7 Å². The lowest BCUT2D eigenvalue weighted by molar-refractivity contribution is -0.113. The maximum absolute atomic E-state index is 12.3. The van der Waals surface area contributed by atoms with Gasteiger partial charge in [0.1, 0.15) is 5.82 Å². The third-order valence-electron chi connectivity index (χ3n) is 4.08. The van der Waals surface area contributed by atoms with Crippen LogP contribution in [0.2, 0.25) is 0 Å². The Balaban J connectivity index is 1.62. The molecular weight excluding hydrogens is 308 g/mol. The van der Waals surface area contributed by atoms with Crippen molar-refractivity contribution in [3.8, 4) is 0 Å².